The highest BCUT2D eigenvalue weighted by Crippen LogP contribution is 2.54. The zero-order valence-electron chi connectivity index (χ0n) is 14.2. The van der Waals surface area contributed by atoms with Crippen LogP contribution in [0.5, 0.6) is 0 Å². The molecule has 0 N–H and O–H groups in total. The average molecular weight is 310 g/mol. The second-order valence-electron chi connectivity index (χ2n) is 7.28. The lowest BCUT2D eigenvalue weighted by molar-refractivity contribution is 0.249. The molecule has 2 heterocycles. The normalized spacial score (nSPS) is 24.5. The number of piperidine rings is 1. The van der Waals surface area contributed by atoms with E-state index in [0.29, 0.717) is 5.92 Å². The van der Waals surface area contributed by atoms with Crippen molar-refractivity contribution in [3.05, 3.63) is 47.6 Å². The molecule has 4 rings (SSSR count). The van der Waals surface area contributed by atoms with E-state index in [4.69, 9.17) is 0 Å². The van der Waals surface area contributed by atoms with E-state index in [1.165, 1.54) is 42.9 Å². The Morgan fingerprint density at radius 1 is 1.09 bits per heavy atom. The average Bonchev–Trinajstić information content (AvgIpc) is 3.31. The summed E-state index contributed by atoms with van der Waals surface area (Å²) in [4.78, 5) is 2.41. The van der Waals surface area contributed by atoms with Gasteiger partial charge in [0.15, 0.2) is 0 Å². The first-order chi connectivity index (χ1) is 11.2. The van der Waals surface area contributed by atoms with Crippen LogP contribution in [0.2, 0.25) is 0 Å². The molecule has 3 aliphatic rings. The third kappa shape index (κ3) is 2.59. The molecule has 0 aromatic carbocycles. The van der Waals surface area contributed by atoms with Gasteiger partial charge in [0.2, 0.25) is 0 Å². The van der Waals surface area contributed by atoms with Gasteiger partial charge in [0, 0.05) is 13.0 Å². The van der Waals surface area contributed by atoms with Gasteiger partial charge in [0.05, 0.1) is 5.41 Å². The van der Waals surface area contributed by atoms with Crippen molar-refractivity contribution in [2.45, 2.75) is 43.4 Å². The number of likely N-dealkylation sites (tertiary alicyclic amines) is 1. The Morgan fingerprint density at radius 2 is 1.87 bits per heavy atom. The van der Waals surface area contributed by atoms with Crippen LogP contribution in [-0.2, 0) is 12.5 Å². The third-order valence-electron chi connectivity index (χ3n) is 5.72. The highest BCUT2D eigenvalue weighted by Gasteiger charge is 2.50. The minimum atomic E-state index is 0.119. The SMILES string of the molecule is CN1CCC(c2nnc(C3(C4=CCC=CC=C4)CC3)n2C)CC1. The molecule has 0 bridgehead atoms. The summed E-state index contributed by atoms with van der Waals surface area (Å²) in [5, 5.41) is 9.27. The Labute approximate surface area is 138 Å². The number of nitrogens with zero attached hydrogens (tertiary/aromatic N) is 4. The molecule has 0 amide bonds. The van der Waals surface area contributed by atoms with E-state index < -0.39 is 0 Å². The van der Waals surface area contributed by atoms with Crippen molar-refractivity contribution in [2.75, 3.05) is 20.1 Å². The van der Waals surface area contributed by atoms with Crippen molar-refractivity contribution >= 4 is 0 Å². The third-order valence-corrected chi connectivity index (χ3v) is 5.72. The maximum atomic E-state index is 4.65. The minimum absolute atomic E-state index is 0.119. The predicted octanol–water partition coefficient (Wildman–Crippen LogP) is 3.10. The molecule has 1 aromatic heterocycles. The summed E-state index contributed by atoms with van der Waals surface area (Å²) in [6, 6.07) is 0. The van der Waals surface area contributed by atoms with Crippen molar-refractivity contribution in [3.63, 3.8) is 0 Å². The van der Waals surface area contributed by atoms with Gasteiger partial charge < -0.3 is 9.47 Å². The van der Waals surface area contributed by atoms with Crippen LogP contribution in [0.25, 0.3) is 0 Å². The van der Waals surface area contributed by atoms with Crippen LogP contribution in [0, 0.1) is 0 Å². The summed E-state index contributed by atoms with van der Waals surface area (Å²) in [5.41, 5.74) is 1.54. The van der Waals surface area contributed by atoms with Crippen molar-refractivity contribution in [1.82, 2.24) is 19.7 Å². The molecule has 4 heteroatoms. The van der Waals surface area contributed by atoms with Gasteiger partial charge in [0.25, 0.3) is 0 Å². The highest BCUT2D eigenvalue weighted by atomic mass is 15.3. The van der Waals surface area contributed by atoms with E-state index in [0.717, 1.165) is 19.5 Å². The van der Waals surface area contributed by atoms with Gasteiger partial charge in [-0.15, -0.1) is 10.2 Å². The van der Waals surface area contributed by atoms with Crippen LogP contribution in [0.4, 0.5) is 0 Å². The molecule has 1 saturated carbocycles. The fourth-order valence-corrected chi connectivity index (χ4v) is 4.08. The van der Waals surface area contributed by atoms with E-state index in [2.05, 4.69) is 64.1 Å². The molecule has 2 fully saturated rings. The van der Waals surface area contributed by atoms with Crippen LogP contribution < -0.4 is 0 Å². The fraction of sp³-hybridized carbons (Fsp3) is 0.579. The van der Waals surface area contributed by atoms with Crippen molar-refractivity contribution in [3.8, 4) is 0 Å². The summed E-state index contributed by atoms with van der Waals surface area (Å²) in [7, 11) is 4.37. The summed E-state index contributed by atoms with van der Waals surface area (Å²) in [6.45, 7) is 2.33. The van der Waals surface area contributed by atoms with Gasteiger partial charge in [-0.3, -0.25) is 0 Å². The Hall–Kier alpha value is -1.68. The summed E-state index contributed by atoms with van der Waals surface area (Å²) in [6.07, 6.45) is 16.9. The lowest BCUT2D eigenvalue weighted by atomic mass is 9.93. The summed E-state index contributed by atoms with van der Waals surface area (Å²) < 4.78 is 2.30. The lowest BCUT2D eigenvalue weighted by Crippen LogP contribution is -2.30. The predicted molar refractivity (Wildman–Crippen MR) is 92.4 cm³/mol. The minimum Gasteiger partial charge on any atom is -0.317 e. The fourth-order valence-electron chi connectivity index (χ4n) is 4.08. The van der Waals surface area contributed by atoms with Gasteiger partial charge in [-0.2, -0.15) is 0 Å². The second kappa shape index (κ2) is 5.75. The highest BCUT2D eigenvalue weighted by molar-refractivity contribution is 5.44. The standard InChI is InChI=1S/C19H26N4/c1-22-13-9-15(10-14-22)17-20-21-18(23(17)2)19(11-12-19)16-7-5-3-4-6-8-16/h3-5,7-8,15H,6,9-14H2,1-2H3. The topological polar surface area (TPSA) is 34.0 Å². The van der Waals surface area contributed by atoms with E-state index >= 15 is 0 Å². The van der Waals surface area contributed by atoms with Crippen molar-refractivity contribution in [2.24, 2.45) is 7.05 Å². The maximum absolute atomic E-state index is 4.65. The van der Waals surface area contributed by atoms with Crippen molar-refractivity contribution < 1.29 is 0 Å². The van der Waals surface area contributed by atoms with Gasteiger partial charge in [-0.05, 0) is 57.8 Å². The van der Waals surface area contributed by atoms with Gasteiger partial charge in [0.1, 0.15) is 11.6 Å². The Balaban J connectivity index is 1.62. The monoisotopic (exact) mass is 310 g/mol. The first kappa shape index (κ1) is 14.9. The number of hydrogen-bond donors (Lipinski definition) is 0. The van der Waals surface area contributed by atoms with Crippen LogP contribution in [0.1, 0.15) is 49.7 Å². The zero-order valence-corrected chi connectivity index (χ0v) is 14.2. The van der Waals surface area contributed by atoms with E-state index in [1.54, 1.807) is 0 Å². The number of aromatic nitrogens is 3. The first-order valence-corrected chi connectivity index (χ1v) is 8.83. The molecule has 0 spiro atoms. The van der Waals surface area contributed by atoms with Gasteiger partial charge in [-0.1, -0.05) is 30.4 Å². The Bertz CT molecular complexity index is 668. The second-order valence-corrected chi connectivity index (χ2v) is 7.28. The van der Waals surface area contributed by atoms with Gasteiger partial charge >= 0.3 is 0 Å². The van der Waals surface area contributed by atoms with Crippen molar-refractivity contribution in [1.29, 1.82) is 0 Å². The Morgan fingerprint density at radius 3 is 2.61 bits per heavy atom. The molecule has 2 aliphatic carbocycles. The number of allylic oxidation sites excluding steroid dienone is 6. The summed E-state index contributed by atoms with van der Waals surface area (Å²) >= 11 is 0. The Kier molecular flexibility index (Phi) is 3.72. The maximum Gasteiger partial charge on any atom is 0.143 e. The smallest absolute Gasteiger partial charge is 0.143 e. The molecule has 0 unspecified atom stereocenters. The largest absolute Gasteiger partial charge is 0.317 e. The quantitative estimate of drug-likeness (QED) is 0.860. The van der Waals surface area contributed by atoms with E-state index in [1.807, 2.05) is 0 Å². The van der Waals surface area contributed by atoms with E-state index in [-0.39, 0.29) is 5.41 Å². The first-order valence-electron chi connectivity index (χ1n) is 8.83. The molecule has 122 valence electrons. The molecular formula is C19H26N4. The zero-order chi connectivity index (χ0) is 15.9. The molecule has 0 atom stereocenters. The molecular weight excluding hydrogens is 284 g/mol. The molecule has 1 saturated heterocycles. The lowest BCUT2D eigenvalue weighted by Gasteiger charge is -2.28. The molecule has 0 radical (unpaired) electrons. The molecule has 4 nitrogen and oxygen atoms in total. The number of hydrogen-bond acceptors (Lipinski definition) is 3. The molecule has 1 aliphatic heterocycles. The van der Waals surface area contributed by atoms with Crippen LogP contribution in [-0.4, -0.2) is 39.8 Å². The summed E-state index contributed by atoms with van der Waals surface area (Å²) in [5.74, 6) is 2.92. The van der Waals surface area contributed by atoms with Gasteiger partial charge in [-0.25, -0.2) is 0 Å². The molecule has 23 heavy (non-hydrogen) atoms. The van der Waals surface area contributed by atoms with Crippen LogP contribution in [0.3, 0.4) is 0 Å². The van der Waals surface area contributed by atoms with E-state index in [9.17, 15) is 0 Å². The van der Waals surface area contributed by atoms with Crippen LogP contribution in [0.15, 0.2) is 36.0 Å². The molecule has 1 aromatic rings. The number of rotatable bonds is 3. The van der Waals surface area contributed by atoms with Crippen LogP contribution >= 0.6 is 0 Å².